The maximum Gasteiger partial charge on any atom is 0.302 e. The molecule has 10 atom stereocenters. The van der Waals surface area contributed by atoms with Gasteiger partial charge >= 0.3 is 5.97 Å². The zero-order valence-corrected chi connectivity index (χ0v) is 24.0. The minimum Gasteiger partial charge on any atom is -0.465 e. The molecule has 1 N–H and O–H groups in total. The summed E-state index contributed by atoms with van der Waals surface area (Å²) >= 11 is 0. The molecule has 10 unspecified atom stereocenters. The van der Waals surface area contributed by atoms with Crippen LogP contribution in [0.4, 0.5) is 0 Å². The Bertz CT molecular complexity index is 953. The van der Waals surface area contributed by atoms with Crippen LogP contribution in [0.3, 0.4) is 0 Å². The Balaban J connectivity index is 1.52. The van der Waals surface area contributed by atoms with Crippen molar-refractivity contribution in [3.05, 3.63) is 24.3 Å². The standard InChI is InChI=1S/C33H52O3/c1-21(2)24-12-16-33(19-34)18-17-31(7)25(28(24)33)9-10-27-29(5)14-11-22(3)30(6,20-36-23(4)35)26(29)13-15-32(27,31)8/h24-28,34H,1,3,9-20H2,2,4-8H3. The molecule has 3 heteroatoms. The molecule has 0 aromatic carbocycles. The number of aliphatic hydroxyl groups is 1. The van der Waals surface area contributed by atoms with Crippen molar-refractivity contribution >= 4 is 5.97 Å². The third-order valence-corrected chi connectivity index (χ3v) is 13.9. The average molecular weight is 497 g/mol. The van der Waals surface area contributed by atoms with E-state index in [9.17, 15) is 9.90 Å². The van der Waals surface area contributed by atoms with Crippen LogP contribution in [0.2, 0.25) is 0 Å². The largest absolute Gasteiger partial charge is 0.465 e. The molecule has 5 saturated carbocycles. The molecular formula is C33H52O3. The molecule has 0 heterocycles. The molecule has 3 nitrogen and oxygen atoms in total. The Hall–Kier alpha value is -1.09. The van der Waals surface area contributed by atoms with Crippen molar-refractivity contribution in [1.29, 1.82) is 0 Å². The molecule has 5 aliphatic rings. The van der Waals surface area contributed by atoms with Crippen molar-refractivity contribution in [2.75, 3.05) is 13.2 Å². The van der Waals surface area contributed by atoms with E-state index >= 15 is 0 Å². The number of hydrogen-bond donors (Lipinski definition) is 1. The van der Waals surface area contributed by atoms with E-state index in [1.54, 1.807) is 0 Å². The van der Waals surface area contributed by atoms with Crippen molar-refractivity contribution in [2.24, 2.45) is 56.7 Å². The lowest BCUT2D eigenvalue weighted by Gasteiger charge is -2.72. The highest BCUT2D eigenvalue weighted by Gasteiger charge is 2.70. The fourth-order valence-corrected chi connectivity index (χ4v) is 11.7. The van der Waals surface area contributed by atoms with Crippen LogP contribution in [0, 0.1) is 56.7 Å². The molecule has 0 radical (unpaired) electrons. The summed E-state index contributed by atoms with van der Waals surface area (Å²) < 4.78 is 5.69. The van der Waals surface area contributed by atoms with Crippen LogP contribution in [-0.2, 0) is 9.53 Å². The second kappa shape index (κ2) is 8.45. The summed E-state index contributed by atoms with van der Waals surface area (Å²) in [6.07, 6.45) is 12.1. The predicted molar refractivity (Wildman–Crippen MR) is 146 cm³/mol. The van der Waals surface area contributed by atoms with Crippen LogP contribution in [0.5, 0.6) is 0 Å². The van der Waals surface area contributed by atoms with Crippen molar-refractivity contribution in [3.63, 3.8) is 0 Å². The van der Waals surface area contributed by atoms with Crippen LogP contribution in [0.15, 0.2) is 24.3 Å². The van der Waals surface area contributed by atoms with E-state index in [-0.39, 0.29) is 22.2 Å². The summed E-state index contributed by atoms with van der Waals surface area (Å²) in [5.74, 6) is 2.85. The molecule has 0 aromatic heterocycles. The second-order valence-corrected chi connectivity index (χ2v) is 15.0. The molecule has 0 spiro atoms. The van der Waals surface area contributed by atoms with Gasteiger partial charge in [-0.25, -0.2) is 0 Å². The van der Waals surface area contributed by atoms with Gasteiger partial charge in [0.1, 0.15) is 6.61 Å². The zero-order valence-electron chi connectivity index (χ0n) is 24.0. The Morgan fingerprint density at radius 2 is 1.67 bits per heavy atom. The maximum absolute atomic E-state index is 11.8. The van der Waals surface area contributed by atoms with E-state index in [4.69, 9.17) is 4.74 Å². The second-order valence-electron chi connectivity index (χ2n) is 15.0. The molecule has 0 saturated heterocycles. The molecule has 5 rings (SSSR count). The van der Waals surface area contributed by atoms with Gasteiger partial charge < -0.3 is 9.84 Å². The van der Waals surface area contributed by atoms with Crippen molar-refractivity contribution in [2.45, 2.75) is 106 Å². The van der Waals surface area contributed by atoms with Crippen LogP contribution in [0.1, 0.15) is 106 Å². The van der Waals surface area contributed by atoms with Crippen LogP contribution in [0.25, 0.3) is 0 Å². The first kappa shape index (κ1) is 26.5. The van der Waals surface area contributed by atoms with Gasteiger partial charge in [-0.3, -0.25) is 4.79 Å². The molecule has 0 amide bonds. The molecule has 0 aliphatic heterocycles. The number of esters is 1. The Labute approximate surface area is 220 Å². The van der Waals surface area contributed by atoms with Gasteiger partial charge in [0, 0.05) is 18.9 Å². The predicted octanol–water partition coefficient (Wildman–Crippen LogP) is 7.74. The Kier molecular flexibility index (Phi) is 6.23. The topological polar surface area (TPSA) is 46.5 Å². The van der Waals surface area contributed by atoms with Gasteiger partial charge in [0.2, 0.25) is 0 Å². The highest BCUT2D eigenvalue weighted by Crippen LogP contribution is 2.77. The molecule has 202 valence electrons. The molecular weight excluding hydrogens is 444 g/mol. The van der Waals surface area contributed by atoms with E-state index in [1.165, 1.54) is 75.9 Å². The van der Waals surface area contributed by atoms with E-state index in [0.717, 1.165) is 6.42 Å². The lowest BCUT2D eigenvalue weighted by Crippen LogP contribution is -2.66. The normalized spacial score (nSPS) is 52.0. The van der Waals surface area contributed by atoms with Gasteiger partial charge in [-0.15, -0.1) is 0 Å². The van der Waals surface area contributed by atoms with Crippen LogP contribution in [-0.4, -0.2) is 24.3 Å². The first-order chi connectivity index (χ1) is 16.8. The minimum absolute atomic E-state index is 0.114. The number of hydrogen-bond acceptors (Lipinski definition) is 3. The lowest BCUT2D eigenvalue weighted by atomic mass is 9.32. The fraction of sp³-hybridized carbons (Fsp3) is 0.848. The third kappa shape index (κ3) is 3.29. The average Bonchev–Trinajstić information content (AvgIpc) is 3.21. The van der Waals surface area contributed by atoms with Gasteiger partial charge in [-0.2, -0.15) is 0 Å². The fourth-order valence-electron chi connectivity index (χ4n) is 11.7. The summed E-state index contributed by atoms with van der Waals surface area (Å²) in [4.78, 5) is 11.8. The zero-order chi connectivity index (χ0) is 26.3. The van der Waals surface area contributed by atoms with Gasteiger partial charge in [0.05, 0.1) is 0 Å². The summed E-state index contributed by atoms with van der Waals surface area (Å²) in [5.41, 5.74) is 3.45. The first-order valence-electron chi connectivity index (χ1n) is 14.9. The van der Waals surface area contributed by atoms with Gasteiger partial charge in [0.15, 0.2) is 0 Å². The highest BCUT2D eigenvalue weighted by molar-refractivity contribution is 5.66. The summed E-state index contributed by atoms with van der Waals surface area (Å²) in [7, 11) is 0. The minimum atomic E-state index is -0.178. The number of aliphatic hydroxyl groups excluding tert-OH is 1. The molecule has 5 fully saturated rings. The Morgan fingerprint density at radius 1 is 0.944 bits per heavy atom. The van der Waals surface area contributed by atoms with E-state index < -0.39 is 0 Å². The SMILES string of the molecule is C=C(C)C1CCC2(CO)CCC3(C)C(CCC4C5(C)CCC(=C)C(C)(COC(C)=O)C5CCC43C)C12. The molecule has 0 bridgehead atoms. The van der Waals surface area contributed by atoms with Crippen molar-refractivity contribution in [1.82, 2.24) is 0 Å². The number of fused-ring (bicyclic) bond motifs is 7. The number of carbonyl (C=O) groups is 1. The van der Waals surface area contributed by atoms with Crippen LogP contribution < -0.4 is 0 Å². The maximum atomic E-state index is 11.8. The summed E-state index contributed by atoms with van der Waals surface area (Å²) in [6, 6.07) is 0. The molecule has 0 aromatic rings. The quantitative estimate of drug-likeness (QED) is 0.320. The third-order valence-electron chi connectivity index (χ3n) is 13.9. The summed E-state index contributed by atoms with van der Waals surface area (Å²) in [6.45, 7) is 23.8. The lowest BCUT2D eigenvalue weighted by molar-refractivity contribution is -0.237. The first-order valence-corrected chi connectivity index (χ1v) is 14.9. The van der Waals surface area contributed by atoms with E-state index in [0.29, 0.717) is 53.6 Å². The van der Waals surface area contributed by atoms with Gasteiger partial charge in [0.25, 0.3) is 0 Å². The molecule has 36 heavy (non-hydrogen) atoms. The number of rotatable bonds is 4. The highest BCUT2D eigenvalue weighted by atomic mass is 16.5. The van der Waals surface area contributed by atoms with Gasteiger partial charge in [-0.05, 0) is 122 Å². The summed E-state index contributed by atoms with van der Waals surface area (Å²) in [5, 5.41) is 10.7. The number of allylic oxidation sites excluding steroid dienone is 1. The van der Waals surface area contributed by atoms with Crippen LogP contribution >= 0.6 is 0 Å². The van der Waals surface area contributed by atoms with E-state index in [1.807, 2.05) is 0 Å². The van der Waals surface area contributed by atoms with E-state index in [2.05, 4.69) is 47.8 Å². The monoisotopic (exact) mass is 496 g/mol. The number of ether oxygens (including phenoxy) is 1. The van der Waals surface area contributed by atoms with Crippen molar-refractivity contribution < 1.29 is 14.6 Å². The van der Waals surface area contributed by atoms with Gasteiger partial charge in [-0.1, -0.05) is 52.0 Å². The molecule has 5 aliphatic carbocycles. The number of carbonyl (C=O) groups excluding carboxylic acids is 1. The smallest absolute Gasteiger partial charge is 0.302 e. The van der Waals surface area contributed by atoms with Crippen molar-refractivity contribution in [3.8, 4) is 0 Å². The Morgan fingerprint density at radius 3 is 2.31 bits per heavy atom.